The average Bonchev–Trinajstić information content (AvgIpc) is 3.27. The predicted octanol–water partition coefficient (Wildman–Crippen LogP) is 3.70. The number of hydrogen-bond donors (Lipinski definition) is 1. The van der Waals surface area contributed by atoms with E-state index in [1.165, 1.54) is 18.4 Å². The molecule has 10 heteroatoms. The van der Waals surface area contributed by atoms with E-state index in [-0.39, 0.29) is 0 Å². The average molecular weight is 632 g/mol. The van der Waals surface area contributed by atoms with Crippen LogP contribution in [0.25, 0.3) is 11.3 Å². The van der Waals surface area contributed by atoms with Crippen LogP contribution in [0.3, 0.4) is 0 Å². The fraction of sp³-hybridized carbons (Fsp3) is 0.429. The van der Waals surface area contributed by atoms with Crippen molar-refractivity contribution in [3.05, 3.63) is 68.9 Å². The van der Waals surface area contributed by atoms with E-state index >= 15 is 0 Å². The molecule has 2 aliphatic heterocycles. The van der Waals surface area contributed by atoms with E-state index in [4.69, 9.17) is 9.94 Å². The van der Waals surface area contributed by atoms with Crippen molar-refractivity contribution in [1.29, 1.82) is 0 Å². The number of benzene rings is 2. The van der Waals surface area contributed by atoms with Crippen molar-refractivity contribution in [2.75, 3.05) is 51.3 Å². The standard InChI is InChI=1S/C28H34IN5O4/c1-20-5-3-4-6-25(20)32-15-13-31(14-16-32)17-23(35)18-34-26-11-12-33(38-28(36)37-2)19-24(26)27(30-34)21-7-9-22(29)10-8-21/h3-10,23,35H,11-19H2,1-2H3. The fourth-order valence-electron chi connectivity index (χ4n) is 5.32. The SMILES string of the molecule is COC(=O)ON1CCc2c(c(-c3ccc(I)cc3)nn2CC(O)CN2CCN(c3ccccc3C)CC2)C1. The van der Waals surface area contributed by atoms with Crippen LogP contribution >= 0.6 is 22.6 Å². The van der Waals surface area contributed by atoms with E-state index in [2.05, 4.69) is 92.6 Å². The lowest BCUT2D eigenvalue weighted by Crippen LogP contribution is -2.49. The first kappa shape index (κ1) is 26.9. The molecule has 1 atom stereocenters. The molecule has 38 heavy (non-hydrogen) atoms. The summed E-state index contributed by atoms with van der Waals surface area (Å²) in [7, 11) is 1.30. The van der Waals surface area contributed by atoms with Gasteiger partial charge in [0.25, 0.3) is 0 Å². The van der Waals surface area contributed by atoms with Crippen molar-refractivity contribution in [2.45, 2.75) is 32.5 Å². The fourth-order valence-corrected chi connectivity index (χ4v) is 5.68. The molecule has 0 bridgehead atoms. The van der Waals surface area contributed by atoms with Gasteiger partial charge in [0.2, 0.25) is 0 Å². The molecule has 1 fully saturated rings. The summed E-state index contributed by atoms with van der Waals surface area (Å²) in [5.41, 5.74) is 6.54. The van der Waals surface area contributed by atoms with Crippen molar-refractivity contribution in [3.63, 3.8) is 0 Å². The van der Waals surface area contributed by atoms with Gasteiger partial charge >= 0.3 is 6.16 Å². The Bertz CT molecular complexity index is 1260. The minimum atomic E-state index is -0.727. The van der Waals surface area contributed by atoms with Crippen molar-refractivity contribution in [1.82, 2.24) is 19.7 Å². The number of fused-ring (bicyclic) bond motifs is 1. The quantitative estimate of drug-likeness (QED) is 0.313. The molecule has 1 unspecified atom stereocenters. The smallest absolute Gasteiger partial charge is 0.436 e. The number of carbonyl (C=O) groups is 1. The summed E-state index contributed by atoms with van der Waals surface area (Å²) in [6.07, 6.45) is -0.613. The monoisotopic (exact) mass is 631 g/mol. The topological polar surface area (TPSA) is 83.3 Å². The van der Waals surface area contributed by atoms with E-state index in [1.807, 2.05) is 4.68 Å². The van der Waals surface area contributed by atoms with Gasteiger partial charge in [-0.1, -0.05) is 30.3 Å². The maximum absolute atomic E-state index is 11.7. The van der Waals surface area contributed by atoms with Crippen LogP contribution in [-0.2, 0) is 29.1 Å². The zero-order chi connectivity index (χ0) is 26.6. The second kappa shape index (κ2) is 12.0. The van der Waals surface area contributed by atoms with E-state index in [0.29, 0.717) is 32.6 Å². The normalized spacial score (nSPS) is 17.2. The summed E-state index contributed by atoms with van der Waals surface area (Å²) in [6, 6.07) is 16.7. The molecular formula is C28H34IN5O4. The summed E-state index contributed by atoms with van der Waals surface area (Å²) in [6.45, 7) is 7.85. The third-order valence-electron chi connectivity index (χ3n) is 7.27. The van der Waals surface area contributed by atoms with Gasteiger partial charge in [0.1, 0.15) is 0 Å². The van der Waals surface area contributed by atoms with Crippen molar-refractivity contribution >= 4 is 34.4 Å². The van der Waals surface area contributed by atoms with Gasteiger partial charge in [-0.2, -0.15) is 5.10 Å². The molecule has 3 heterocycles. The second-order valence-electron chi connectivity index (χ2n) is 9.85. The molecule has 9 nitrogen and oxygen atoms in total. The van der Waals surface area contributed by atoms with Gasteiger partial charge in [-0.15, -0.1) is 5.06 Å². The van der Waals surface area contributed by atoms with Crippen LogP contribution in [0.2, 0.25) is 0 Å². The van der Waals surface area contributed by atoms with Gasteiger partial charge in [0, 0.05) is 71.8 Å². The maximum Gasteiger partial charge on any atom is 0.527 e. The summed E-state index contributed by atoms with van der Waals surface area (Å²) in [4.78, 5) is 21.8. The third-order valence-corrected chi connectivity index (χ3v) is 7.99. The molecule has 5 rings (SSSR count). The van der Waals surface area contributed by atoms with Gasteiger partial charge in [-0.25, -0.2) is 4.79 Å². The highest BCUT2D eigenvalue weighted by Gasteiger charge is 2.29. The summed E-state index contributed by atoms with van der Waals surface area (Å²) in [5, 5.41) is 17.7. The highest BCUT2D eigenvalue weighted by atomic mass is 127. The number of anilines is 1. The summed E-state index contributed by atoms with van der Waals surface area (Å²) in [5.74, 6) is 0. The summed E-state index contributed by atoms with van der Waals surface area (Å²) < 4.78 is 7.77. The number of aliphatic hydroxyl groups is 1. The van der Waals surface area contributed by atoms with E-state index in [1.54, 1.807) is 5.06 Å². The molecule has 202 valence electrons. The Balaban J connectivity index is 1.27. The van der Waals surface area contributed by atoms with Gasteiger partial charge in [0.15, 0.2) is 0 Å². The largest absolute Gasteiger partial charge is 0.527 e. The van der Waals surface area contributed by atoms with Crippen molar-refractivity contribution in [2.24, 2.45) is 0 Å². The number of nitrogens with zero attached hydrogens (tertiary/aromatic N) is 5. The van der Waals surface area contributed by atoms with E-state index < -0.39 is 12.3 Å². The molecular weight excluding hydrogens is 597 g/mol. The maximum atomic E-state index is 11.7. The number of rotatable bonds is 7. The Morgan fingerprint density at radius 3 is 2.50 bits per heavy atom. The van der Waals surface area contributed by atoms with Crippen molar-refractivity contribution in [3.8, 4) is 11.3 Å². The molecule has 1 aromatic heterocycles. The number of piperazine rings is 1. The highest BCUT2D eigenvalue weighted by molar-refractivity contribution is 14.1. The number of hydroxylamine groups is 2. The number of methoxy groups -OCH3 is 1. The van der Waals surface area contributed by atoms with Gasteiger partial charge in [-0.3, -0.25) is 9.58 Å². The molecule has 0 saturated carbocycles. The zero-order valence-electron chi connectivity index (χ0n) is 21.8. The molecule has 0 amide bonds. The Hall–Kier alpha value is -2.67. The Labute approximate surface area is 237 Å². The lowest BCUT2D eigenvalue weighted by molar-refractivity contribution is -0.134. The van der Waals surface area contributed by atoms with E-state index in [0.717, 1.165) is 52.3 Å². The van der Waals surface area contributed by atoms with Crippen LogP contribution in [0.15, 0.2) is 48.5 Å². The lowest BCUT2D eigenvalue weighted by atomic mass is 10.0. The number of β-amino-alcohol motifs (C(OH)–C–C–N with tert-alkyl or cyclic N) is 1. The molecule has 0 spiro atoms. The predicted molar refractivity (Wildman–Crippen MR) is 154 cm³/mol. The first-order valence-corrected chi connectivity index (χ1v) is 14.1. The van der Waals surface area contributed by atoms with Crippen molar-refractivity contribution < 1.29 is 19.5 Å². The number of aromatic nitrogens is 2. The lowest BCUT2D eigenvalue weighted by Gasteiger charge is -2.37. The Kier molecular flexibility index (Phi) is 8.51. The molecule has 1 saturated heterocycles. The minimum absolute atomic E-state index is 0.419. The molecule has 3 aromatic rings. The van der Waals surface area contributed by atoms with Crippen LogP contribution in [0.5, 0.6) is 0 Å². The minimum Gasteiger partial charge on any atom is -0.436 e. The molecule has 2 aromatic carbocycles. The zero-order valence-corrected chi connectivity index (χ0v) is 24.0. The van der Waals surface area contributed by atoms with Gasteiger partial charge in [-0.05, 0) is 53.3 Å². The van der Waals surface area contributed by atoms with Gasteiger partial charge in [0.05, 0.1) is 32.0 Å². The number of hydrogen-bond acceptors (Lipinski definition) is 8. The van der Waals surface area contributed by atoms with Crippen LogP contribution in [0, 0.1) is 10.5 Å². The molecule has 0 radical (unpaired) electrons. The first-order valence-electron chi connectivity index (χ1n) is 13.0. The van der Waals surface area contributed by atoms with Crippen LogP contribution in [0.4, 0.5) is 10.5 Å². The number of halogens is 1. The Morgan fingerprint density at radius 2 is 1.79 bits per heavy atom. The first-order chi connectivity index (χ1) is 18.4. The number of aliphatic hydroxyl groups excluding tert-OH is 1. The summed E-state index contributed by atoms with van der Waals surface area (Å²) >= 11 is 2.29. The highest BCUT2D eigenvalue weighted by Crippen LogP contribution is 2.31. The van der Waals surface area contributed by atoms with Crippen LogP contribution < -0.4 is 4.90 Å². The Morgan fingerprint density at radius 1 is 1.05 bits per heavy atom. The molecule has 1 N–H and O–H groups in total. The number of para-hydroxylation sites is 1. The molecule has 0 aliphatic carbocycles. The van der Waals surface area contributed by atoms with E-state index in [9.17, 15) is 9.90 Å². The van der Waals surface area contributed by atoms with Gasteiger partial charge < -0.3 is 19.6 Å². The molecule has 2 aliphatic rings. The third kappa shape index (κ3) is 6.14. The number of ether oxygens (including phenoxy) is 1. The second-order valence-corrected chi connectivity index (χ2v) is 11.1. The number of aryl methyl sites for hydroxylation is 1. The van der Waals surface area contributed by atoms with Crippen LogP contribution in [-0.4, -0.2) is 83.5 Å². The van der Waals surface area contributed by atoms with Crippen LogP contribution in [0.1, 0.15) is 16.8 Å². The number of carbonyl (C=O) groups excluding carboxylic acids is 1.